The van der Waals surface area contributed by atoms with E-state index in [2.05, 4.69) is 10.3 Å². The molecule has 0 aliphatic carbocycles. The number of nitrogens with zero attached hydrogens (tertiary/aromatic N) is 1. The number of thiazole rings is 1. The van der Waals surface area contributed by atoms with Gasteiger partial charge in [-0.15, -0.1) is 11.3 Å². The lowest BCUT2D eigenvalue weighted by Gasteiger charge is -2.05. The molecule has 3 nitrogen and oxygen atoms in total. The maximum Gasteiger partial charge on any atom is 0.443 e. The van der Waals surface area contributed by atoms with Crippen molar-refractivity contribution in [2.75, 3.05) is 13.1 Å². The molecule has 1 aromatic heterocycles. The van der Waals surface area contributed by atoms with Crippen LogP contribution < -0.4 is 5.32 Å². The topological polar surface area (TPSA) is 42.0 Å². The number of ketones is 1. The van der Waals surface area contributed by atoms with E-state index in [0.29, 0.717) is 23.7 Å². The average molecular weight is 278 g/mol. The second-order valence-electron chi connectivity index (χ2n) is 4.35. The average Bonchev–Trinajstić information content (AvgIpc) is 2.96. The second kappa shape index (κ2) is 5.36. The molecule has 2 rings (SSSR count). The van der Waals surface area contributed by atoms with Gasteiger partial charge < -0.3 is 5.32 Å². The summed E-state index contributed by atoms with van der Waals surface area (Å²) in [6.45, 7) is 1.85. The van der Waals surface area contributed by atoms with E-state index in [-0.39, 0.29) is 10.7 Å². The molecular formula is C11H13F3N2OS. The predicted octanol–water partition coefficient (Wildman–Crippen LogP) is 2.73. The molecule has 0 aromatic carbocycles. The van der Waals surface area contributed by atoms with Crippen molar-refractivity contribution in [2.24, 2.45) is 5.92 Å². The summed E-state index contributed by atoms with van der Waals surface area (Å²) < 4.78 is 37.0. The molecule has 1 aliphatic heterocycles. The van der Waals surface area contributed by atoms with Crippen LogP contribution in [-0.2, 0) is 6.18 Å². The standard InChI is InChI=1S/C11H13F3N2OS/c12-11(13,14)10-16-6-9(18-10)8(17)2-1-7-3-4-15-5-7/h6-7,15H,1-5H2. The van der Waals surface area contributed by atoms with Crippen LogP contribution in [0.1, 0.15) is 33.9 Å². The molecule has 7 heteroatoms. The Bertz CT molecular complexity index is 424. The van der Waals surface area contributed by atoms with Crippen molar-refractivity contribution in [2.45, 2.75) is 25.4 Å². The lowest BCUT2D eigenvalue weighted by Crippen LogP contribution is -2.10. The van der Waals surface area contributed by atoms with E-state index < -0.39 is 11.2 Å². The summed E-state index contributed by atoms with van der Waals surface area (Å²) in [4.78, 5) is 15.1. The van der Waals surface area contributed by atoms with Crippen LogP contribution in [0.3, 0.4) is 0 Å². The zero-order chi connectivity index (χ0) is 13.2. The van der Waals surface area contributed by atoms with Gasteiger partial charge in [-0.3, -0.25) is 4.79 Å². The van der Waals surface area contributed by atoms with Crippen LogP contribution in [0, 0.1) is 5.92 Å². The predicted molar refractivity (Wildman–Crippen MR) is 61.7 cm³/mol. The van der Waals surface area contributed by atoms with Crippen LogP contribution in [0.25, 0.3) is 0 Å². The van der Waals surface area contributed by atoms with Gasteiger partial charge in [-0.05, 0) is 31.8 Å². The van der Waals surface area contributed by atoms with Crippen LogP contribution >= 0.6 is 11.3 Å². The number of alkyl halides is 3. The Morgan fingerprint density at radius 1 is 1.56 bits per heavy atom. The minimum atomic E-state index is -4.46. The zero-order valence-corrected chi connectivity index (χ0v) is 10.4. The minimum absolute atomic E-state index is 0.105. The van der Waals surface area contributed by atoms with E-state index in [0.717, 1.165) is 32.1 Å². The number of hydrogen-bond donors (Lipinski definition) is 1. The fourth-order valence-electron chi connectivity index (χ4n) is 1.95. The monoisotopic (exact) mass is 278 g/mol. The Hall–Kier alpha value is -0.950. The van der Waals surface area contributed by atoms with Crippen molar-refractivity contribution >= 4 is 17.1 Å². The van der Waals surface area contributed by atoms with E-state index >= 15 is 0 Å². The minimum Gasteiger partial charge on any atom is -0.316 e. The maximum atomic E-state index is 12.3. The second-order valence-corrected chi connectivity index (χ2v) is 5.38. The fourth-order valence-corrected chi connectivity index (χ4v) is 2.70. The largest absolute Gasteiger partial charge is 0.443 e. The quantitative estimate of drug-likeness (QED) is 0.861. The van der Waals surface area contributed by atoms with Gasteiger partial charge in [0.05, 0.1) is 4.88 Å². The van der Waals surface area contributed by atoms with E-state index in [4.69, 9.17) is 0 Å². The van der Waals surface area contributed by atoms with Gasteiger partial charge >= 0.3 is 6.18 Å². The molecule has 1 aliphatic rings. The summed E-state index contributed by atoms with van der Waals surface area (Å²) >= 11 is 0.429. The van der Waals surface area contributed by atoms with E-state index in [1.807, 2.05) is 0 Å². The molecule has 2 heterocycles. The Kier molecular flexibility index (Phi) is 4.01. The summed E-state index contributed by atoms with van der Waals surface area (Å²) in [5.41, 5.74) is 0. The van der Waals surface area contributed by atoms with Gasteiger partial charge in [0.15, 0.2) is 10.8 Å². The van der Waals surface area contributed by atoms with Crippen LogP contribution in [0.2, 0.25) is 0 Å². The fraction of sp³-hybridized carbons (Fsp3) is 0.636. The maximum absolute atomic E-state index is 12.3. The normalized spacial score (nSPS) is 20.3. The number of nitrogens with one attached hydrogen (secondary N) is 1. The molecule has 0 amide bonds. The number of Topliss-reactive ketones (excluding diaryl/α,β-unsaturated/α-hetero) is 1. The Labute approximate surface area is 106 Å². The zero-order valence-electron chi connectivity index (χ0n) is 9.59. The van der Waals surface area contributed by atoms with Gasteiger partial charge in [-0.1, -0.05) is 0 Å². The van der Waals surface area contributed by atoms with Crippen LogP contribution in [0.5, 0.6) is 0 Å². The first-order valence-corrected chi connectivity index (χ1v) is 6.55. The van der Waals surface area contributed by atoms with Gasteiger partial charge in [0.2, 0.25) is 0 Å². The highest BCUT2D eigenvalue weighted by Crippen LogP contribution is 2.33. The summed E-state index contributed by atoms with van der Waals surface area (Å²) in [5, 5.41) is 2.24. The number of carbonyl (C=O) groups is 1. The highest BCUT2D eigenvalue weighted by molar-refractivity contribution is 7.13. The molecule has 100 valence electrons. The van der Waals surface area contributed by atoms with Crippen molar-refractivity contribution in [3.63, 3.8) is 0 Å². The summed E-state index contributed by atoms with van der Waals surface area (Å²) in [7, 11) is 0. The molecule has 0 spiro atoms. The number of rotatable bonds is 4. The molecule has 0 saturated carbocycles. The number of halogens is 3. The Morgan fingerprint density at radius 2 is 2.33 bits per heavy atom. The van der Waals surface area contributed by atoms with E-state index in [9.17, 15) is 18.0 Å². The van der Waals surface area contributed by atoms with Crippen LogP contribution in [0.15, 0.2) is 6.20 Å². The van der Waals surface area contributed by atoms with Gasteiger partial charge in [0.1, 0.15) is 0 Å². The van der Waals surface area contributed by atoms with E-state index in [1.54, 1.807) is 0 Å². The third-order valence-corrected chi connectivity index (χ3v) is 4.05. The lowest BCUT2D eigenvalue weighted by atomic mass is 10.0. The van der Waals surface area contributed by atoms with Crippen molar-refractivity contribution in [1.29, 1.82) is 0 Å². The molecule has 1 aromatic rings. The molecule has 0 radical (unpaired) electrons. The SMILES string of the molecule is O=C(CCC1CCNC1)c1cnc(C(F)(F)F)s1. The smallest absolute Gasteiger partial charge is 0.316 e. The van der Waals surface area contributed by atoms with Gasteiger partial charge in [0.25, 0.3) is 0 Å². The highest BCUT2D eigenvalue weighted by Gasteiger charge is 2.35. The molecule has 1 N–H and O–H groups in total. The molecular weight excluding hydrogens is 265 g/mol. The summed E-state index contributed by atoms with van der Waals surface area (Å²) in [6, 6.07) is 0. The van der Waals surface area contributed by atoms with E-state index in [1.165, 1.54) is 0 Å². The molecule has 1 unspecified atom stereocenters. The first-order chi connectivity index (χ1) is 8.47. The van der Waals surface area contributed by atoms with Gasteiger partial charge in [0, 0.05) is 12.6 Å². The summed E-state index contributed by atoms with van der Waals surface area (Å²) in [5.74, 6) is 0.221. The van der Waals surface area contributed by atoms with Crippen LogP contribution in [0.4, 0.5) is 13.2 Å². The van der Waals surface area contributed by atoms with Crippen molar-refractivity contribution in [3.8, 4) is 0 Å². The molecule has 1 fully saturated rings. The lowest BCUT2D eigenvalue weighted by molar-refractivity contribution is -0.137. The number of hydrogen-bond acceptors (Lipinski definition) is 4. The molecule has 1 atom stereocenters. The van der Waals surface area contributed by atoms with Crippen LogP contribution in [-0.4, -0.2) is 23.9 Å². The number of aromatic nitrogens is 1. The first-order valence-electron chi connectivity index (χ1n) is 5.74. The van der Waals surface area contributed by atoms with Gasteiger partial charge in [-0.25, -0.2) is 4.98 Å². The van der Waals surface area contributed by atoms with Crippen molar-refractivity contribution in [1.82, 2.24) is 10.3 Å². The summed E-state index contributed by atoms with van der Waals surface area (Å²) in [6.07, 6.45) is -1.37. The Balaban J connectivity index is 1.90. The first kappa shape index (κ1) is 13.5. The van der Waals surface area contributed by atoms with Crippen molar-refractivity contribution in [3.05, 3.63) is 16.1 Å². The number of carbonyl (C=O) groups excluding carboxylic acids is 1. The third-order valence-electron chi connectivity index (χ3n) is 2.97. The molecule has 1 saturated heterocycles. The van der Waals surface area contributed by atoms with Gasteiger partial charge in [-0.2, -0.15) is 13.2 Å². The third kappa shape index (κ3) is 3.29. The molecule has 18 heavy (non-hydrogen) atoms. The highest BCUT2D eigenvalue weighted by atomic mass is 32.1. The van der Waals surface area contributed by atoms with Crippen molar-refractivity contribution < 1.29 is 18.0 Å². The Morgan fingerprint density at radius 3 is 2.89 bits per heavy atom. The molecule has 0 bridgehead atoms.